The first-order chi connectivity index (χ1) is 12.7. The number of hydrogen-bond acceptors (Lipinski definition) is 5. The Hall–Kier alpha value is -3.06. The summed E-state index contributed by atoms with van der Waals surface area (Å²) in [5.74, 6) is 1.70. The van der Waals surface area contributed by atoms with E-state index in [1.165, 1.54) is 6.08 Å². The number of amides is 1. The zero-order valence-corrected chi connectivity index (χ0v) is 15.3. The Bertz CT molecular complexity index is 901. The fraction of sp³-hybridized carbons (Fsp3) is 0.158. The molecule has 0 bridgehead atoms. The summed E-state index contributed by atoms with van der Waals surface area (Å²) >= 11 is 1.58. The summed E-state index contributed by atoms with van der Waals surface area (Å²) in [4.78, 5) is 13.2. The van der Waals surface area contributed by atoms with Crippen molar-refractivity contribution < 1.29 is 14.3 Å². The van der Waals surface area contributed by atoms with Crippen LogP contribution < -0.4 is 14.8 Å². The summed E-state index contributed by atoms with van der Waals surface area (Å²) in [5, 5.41) is 9.10. The molecule has 3 aromatic rings. The lowest BCUT2D eigenvalue weighted by molar-refractivity contribution is -0.111. The average Bonchev–Trinajstić information content (AvgIpc) is 3.32. The molecular formula is C19H19N3O3S. The molecule has 0 unspecified atom stereocenters. The van der Waals surface area contributed by atoms with Crippen LogP contribution in [0.4, 0.5) is 5.82 Å². The van der Waals surface area contributed by atoms with Crippen molar-refractivity contribution in [2.45, 2.75) is 6.54 Å². The second-order valence-electron chi connectivity index (χ2n) is 5.36. The van der Waals surface area contributed by atoms with Gasteiger partial charge >= 0.3 is 0 Å². The number of hydrogen-bond donors (Lipinski definition) is 1. The predicted molar refractivity (Wildman–Crippen MR) is 103 cm³/mol. The highest BCUT2D eigenvalue weighted by Gasteiger charge is 2.12. The van der Waals surface area contributed by atoms with E-state index >= 15 is 0 Å². The lowest BCUT2D eigenvalue weighted by atomic mass is 10.2. The van der Waals surface area contributed by atoms with E-state index in [1.54, 1.807) is 48.6 Å². The van der Waals surface area contributed by atoms with Gasteiger partial charge in [0, 0.05) is 22.6 Å². The summed E-state index contributed by atoms with van der Waals surface area (Å²) in [5.41, 5.74) is 0.903. The number of benzene rings is 1. The van der Waals surface area contributed by atoms with E-state index in [2.05, 4.69) is 10.4 Å². The molecule has 1 amide bonds. The molecule has 6 nitrogen and oxygen atoms in total. The van der Waals surface area contributed by atoms with Crippen molar-refractivity contribution in [1.29, 1.82) is 0 Å². The molecular weight excluding hydrogens is 350 g/mol. The first-order valence-corrected chi connectivity index (χ1v) is 8.83. The highest BCUT2D eigenvalue weighted by atomic mass is 32.1. The van der Waals surface area contributed by atoms with Crippen molar-refractivity contribution in [1.82, 2.24) is 9.78 Å². The number of nitrogens with zero attached hydrogens (tertiary/aromatic N) is 2. The van der Waals surface area contributed by atoms with E-state index < -0.39 is 0 Å². The van der Waals surface area contributed by atoms with Crippen molar-refractivity contribution >= 4 is 29.1 Å². The number of carbonyl (C=O) groups excluding carboxylic acids is 1. The van der Waals surface area contributed by atoms with Crippen LogP contribution in [0.1, 0.15) is 10.4 Å². The molecule has 1 N–H and O–H groups in total. The molecule has 2 aromatic heterocycles. The number of carbonyl (C=O) groups is 1. The van der Waals surface area contributed by atoms with Crippen molar-refractivity contribution in [2.24, 2.45) is 0 Å². The number of para-hydroxylation sites is 1. The second-order valence-corrected chi connectivity index (χ2v) is 6.34. The number of aromatic nitrogens is 2. The fourth-order valence-corrected chi connectivity index (χ4v) is 3.13. The van der Waals surface area contributed by atoms with E-state index in [0.29, 0.717) is 23.9 Å². The maximum Gasteiger partial charge on any atom is 0.249 e. The third-order valence-electron chi connectivity index (χ3n) is 3.71. The summed E-state index contributed by atoms with van der Waals surface area (Å²) in [6.07, 6.45) is 4.94. The number of thiophene rings is 1. The Kier molecular flexibility index (Phi) is 5.70. The molecule has 0 saturated heterocycles. The molecule has 0 aliphatic rings. The topological polar surface area (TPSA) is 65.4 Å². The molecule has 0 aliphatic heterocycles. The first kappa shape index (κ1) is 17.8. The smallest absolute Gasteiger partial charge is 0.249 e. The minimum Gasteiger partial charge on any atom is -0.493 e. The van der Waals surface area contributed by atoms with E-state index in [4.69, 9.17) is 9.47 Å². The number of ether oxygens (including phenoxy) is 2. The molecule has 134 valence electrons. The van der Waals surface area contributed by atoms with Crippen molar-refractivity contribution in [2.75, 3.05) is 19.5 Å². The lowest BCUT2D eigenvalue weighted by Crippen LogP contribution is -2.14. The van der Waals surface area contributed by atoms with Gasteiger partial charge in [-0.05, 0) is 23.6 Å². The summed E-state index contributed by atoms with van der Waals surface area (Å²) in [6, 6.07) is 11.3. The Balaban J connectivity index is 1.74. The van der Waals surface area contributed by atoms with Gasteiger partial charge in [-0.3, -0.25) is 4.79 Å². The summed E-state index contributed by atoms with van der Waals surface area (Å²) < 4.78 is 12.5. The van der Waals surface area contributed by atoms with Gasteiger partial charge in [0.2, 0.25) is 5.91 Å². The third kappa shape index (κ3) is 4.12. The van der Waals surface area contributed by atoms with Crippen LogP contribution in [0.15, 0.2) is 54.1 Å². The zero-order valence-electron chi connectivity index (χ0n) is 14.5. The van der Waals surface area contributed by atoms with E-state index in [0.717, 1.165) is 10.4 Å². The Morgan fingerprint density at radius 3 is 2.85 bits per heavy atom. The quantitative estimate of drug-likeness (QED) is 0.646. The standard InChI is InChI=1S/C19H19N3O3S/c1-24-16-7-3-5-14(19(16)25-2)13-22-17(10-11-20-22)21-18(23)9-8-15-6-4-12-26-15/h3-12H,13H2,1-2H3,(H,21,23). The molecule has 0 aliphatic carbocycles. The molecule has 0 fully saturated rings. The molecule has 0 spiro atoms. The number of anilines is 1. The van der Waals surface area contributed by atoms with Crippen LogP contribution >= 0.6 is 11.3 Å². The number of methoxy groups -OCH3 is 2. The fourth-order valence-electron chi connectivity index (χ4n) is 2.52. The maximum atomic E-state index is 12.2. The van der Waals surface area contributed by atoms with Crippen LogP contribution in [0.3, 0.4) is 0 Å². The van der Waals surface area contributed by atoms with E-state index in [9.17, 15) is 4.79 Å². The van der Waals surface area contributed by atoms with E-state index in [-0.39, 0.29) is 5.91 Å². The highest BCUT2D eigenvalue weighted by molar-refractivity contribution is 7.10. The maximum absolute atomic E-state index is 12.2. The molecule has 0 atom stereocenters. The van der Waals surface area contributed by atoms with Gasteiger partial charge in [-0.25, -0.2) is 4.68 Å². The Morgan fingerprint density at radius 1 is 1.23 bits per heavy atom. The van der Waals surface area contributed by atoms with Gasteiger partial charge in [-0.1, -0.05) is 18.2 Å². The van der Waals surface area contributed by atoms with E-state index in [1.807, 2.05) is 35.7 Å². The third-order valence-corrected chi connectivity index (χ3v) is 4.55. The van der Waals surface area contributed by atoms with Gasteiger partial charge in [0.25, 0.3) is 0 Å². The van der Waals surface area contributed by atoms with Crippen LogP contribution in [-0.4, -0.2) is 29.9 Å². The van der Waals surface area contributed by atoms with Crippen LogP contribution in [0.2, 0.25) is 0 Å². The van der Waals surface area contributed by atoms with Gasteiger partial charge in [0.15, 0.2) is 11.5 Å². The number of nitrogens with one attached hydrogen (secondary N) is 1. The van der Waals surface area contributed by atoms with Crippen LogP contribution in [0.25, 0.3) is 6.08 Å². The van der Waals surface area contributed by atoms with Gasteiger partial charge in [0.05, 0.1) is 27.0 Å². The molecule has 26 heavy (non-hydrogen) atoms. The molecule has 7 heteroatoms. The lowest BCUT2D eigenvalue weighted by Gasteiger charge is -2.14. The largest absolute Gasteiger partial charge is 0.493 e. The monoisotopic (exact) mass is 369 g/mol. The molecule has 3 rings (SSSR count). The summed E-state index contributed by atoms with van der Waals surface area (Å²) in [6.45, 7) is 0.442. The molecule has 1 aromatic carbocycles. The van der Waals surface area contributed by atoms with Gasteiger partial charge < -0.3 is 14.8 Å². The van der Waals surface area contributed by atoms with Gasteiger partial charge in [-0.15, -0.1) is 11.3 Å². The normalized spacial score (nSPS) is 10.8. The minimum absolute atomic E-state index is 0.210. The second kappa shape index (κ2) is 8.35. The van der Waals surface area contributed by atoms with Crippen molar-refractivity contribution in [3.63, 3.8) is 0 Å². The first-order valence-electron chi connectivity index (χ1n) is 7.95. The molecule has 0 radical (unpaired) electrons. The van der Waals surface area contributed by atoms with Gasteiger partial charge in [0.1, 0.15) is 5.82 Å². The Morgan fingerprint density at radius 2 is 2.12 bits per heavy atom. The average molecular weight is 369 g/mol. The zero-order chi connectivity index (χ0) is 18.4. The Labute approximate surface area is 155 Å². The van der Waals surface area contributed by atoms with Crippen molar-refractivity contribution in [3.05, 3.63) is 64.5 Å². The number of rotatable bonds is 7. The highest BCUT2D eigenvalue weighted by Crippen LogP contribution is 2.31. The predicted octanol–water partition coefficient (Wildman–Crippen LogP) is 3.66. The van der Waals surface area contributed by atoms with Crippen LogP contribution in [0, 0.1) is 0 Å². The van der Waals surface area contributed by atoms with Crippen LogP contribution in [0.5, 0.6) is 11.5 Å². The molecule has 2 heterocycles. The van der Waals surface area contributed by atoms with Crippen LogP contribution in [-0.2, 0) is 11.3 Å². The SMILES string of the molecule is COc1cccc(Cn2nccc2NC(=O)C=Cc2cccs2)c1OC. The summed E-state index contributed by atoms with van der Waals surface area (Å²) in [7, 11) is 3.20. The van der Waals surface area contributed by atoms with Gasteiger partial charge in [-0.2, -0.15) is 5.10 Å². The van der Waals surface area contributed by atoms with Crippen molar-refractivity contribution in [3.8, 4) is 11.5 Å². The molecule has 0 saturated carbocycles. The minimum atomic E-state index is -0.210.